The Bertz CT molecular complexity index is 1350. The molecule has 3 aromatic rings. The molecule has 0 aliphatic carbocycles. The van der Waals surface area contributed by atoms with Gasteiger partial charge in [0.05, 0.1) is 36.9 Å². The maximum absolute atomic E-state index is 14.7. The first-order chi connectivity index (χ1) is 18.7. The van der Waals surface area contributed by atoms with Crippen LogP contribution in [0.5, 0.6) is 0 Å². The van der Waals surface area contributed by atoms with E-state index in [1.54, 1.807) is 6.20 Å². The van der Waals surface area contributed by atoms with Crippen LogP contribution in [0.4, 0.5) is 30.8 Å². The molecule has 4 rings (SSSR count). The number of hydroxylamine groups is 1. The van der Waals surface area contributed by atoms with Gasteiger partial charge in [-0.25, -0.2) is 28.6 Å². The second-order valence-electron chi connectivity index (χ2n) is 9.76. The summed E-state index contributed by atoms with van der Waals surface area (Å²) in [5.74, 6) is -2.77. The second kappa shape index (κ2) is 12.3. The molecule has 1 aromatic carbocycles. The number of likely N-dealkylation sites (tertiary alicyclic amines) is 1. The maximum atomic E-state index is 14.7. The van der Waals surface area contributed by atoms with Crippen LogP contribution in [0.3, 0.4) is 0 Å². The number of anilines is 3. The number of halogens is 2. The molecule has 1 aliphatic rings. The van der Waals surface area contributed by atoms with Gasteiger partial charge < -0.3 is 15.0 Å². The number of hydrogen-bond donors (Lipinski definition) is 3. The fourth-order valence-electron chi connectivity index (χ4n) is 4.85. The van der Waals surface area contributed by atoms with Gasteiger partial charge in [-0.3, -0.25) is 14.9 Å². The van der Waals surface area contributed by atoms with E-state index in [1.165, 1.54) is 30.8 Å². The van der Waals surface area contributed by atoms with Crippen LogP contribution in [0.1, 0.15) is 61.4 Å². The van der Waals surface area contributed by atoms with Gasteiger partial charge in [-0.15, -0.1) is 0 Å². The molecule has 3 heterocycles. The summed E-state index contributed by atoms with van der Waals surface area (Å²) in [4.78, 5) is 35.9. The van der Waals surface area contributed by atoms with Gasteiger partial charge in [-0.1, -0.05) is 20.3 Å². The van der Waals surface area contributed by atoms with E-state index in [9.17, 15) is 18.4 Å². The zero-order chi connectivity index (χ0) is 28.1. The highest BCUT2D eigenvalue weighted by molar-refractivity contribution is 5.95. The van der Waals surface area contributed by atoms with E-state index >= 15 is 0 Å². The third kappa shape index (κ3) is 6.42. The summed E-state index contributed by atoms with van der Waals surface area (Å²) in [5, 5.41) is 9.86. The molecule has 39 heavy (non-hydrogen) atoms. The molecule has 1 saturated heterocycles. The fourth-order valence-corrected chi connectivity index (χ4v) is 4.85. The van der Waals surface area contributed by atoms with Crippen molar-refractivity contribution in [2.45, 2.75) is 51.5 Å². The quantitative estimate of drug-likeness (QED) is 0.334. The van der Waals surface area contributed by atoms with Crippen LogP contribution in [-0.2, 0) is 9.57 Å². The van der Waals surface area contributed by atoms with Crippen molar-refractivity contribution in [2.24, 2.45) is 0 Å². The number of nitrogens with zero attached hydrogens (tertiary/aromatic N) is 4. The third-order valence-electron chi connectivity index (χ3n) is 6.78. The van der Waals surface area contributed by atoms with Crippen molar-refractivity contribution in [3.63, 3.8) is 0 Å². The number of ether oxygens (including phenoxy) is 1. The Balaban J connectivity index is 1.56. The normalized spacial score (nSPS) is 15.9. The molecule has 2 aromatic heterocycles. The zero-order valence-electron chi connectivity index (χ0n) is 22.4. The minimum absolute atomic E-state index is 0.103. The Morgan fingerprint density at radius 2 is 1.97 bits per heavy atom. The van der Waals surface area contributed by atoms with E-state index in [1.807, 2.05) is 19.3 Å². The lowest BCUT2D eigenvalue weighted by molar-refractivity contribution is 0.0533. The van der Waals surface area contributed by atoms with Crippen LogP contribution in [0, 0.1) is 11.6 Å². The highest BCUT2D eigenvalue weighted by Gasteiger charge is 2.23. The molecular formula is C26H33F2N7O4. The average molecular weight is 546 g/mol. The summed E-state index contributed by atoms with van der Waals surface area (Å²) in [5.41, 5.74) is 3.02. The average Bonchev–Trinajstić information content (AvgIpc) is 3.26. The van der Waals surface area contributed by atoms with Crippen LogP contribution >= 0.6 is 0 Å². The number of fused-ring (bicyclic) bond motifs is 1. The van der Waals surface area contributed by atoms with Crippen LogP contribution < -0.4 is 16.1 Å². The Labute approximate surface area is 224 Å². The highest BCUT2D eigenvalue weighted by atomic mass is 19.1. The molecular weight excluding hydrogens is 512 g/mol. The van der Waals surface area contributed by atoms with Gasteiger partial charge in [0, 0.05) is 17.7 Å². The number of nitrogens with one attached hydrogen (secondary N) is 3. The number of rotatable bonds is 9. The number of carbonyl (C=O) groups excluding carboxylic acids is 2. The summed E-state index contributed by atoms with van der Waals surface area (Å²) in [6, 6.07) is 2.02. The van der Waals surface area contributed by atoms with Crippen LogP contribution in [0.25, 0.3) is 5.52 Å². The van der Waals surface area contributed by atoms with Crippen molar-refractivity contribution in [3.8, 4) is 0 Å². The molecule has 3 N–H and O–H groups in total. The smallest absolute Gasteiger partial charge is 0.411 e. The Hall–Kier alpha value is -3.84. The molecule has 0 saturated carbocycles. The van der Waals surface area contributed by atoms with E-state index in [4.69, 9.17) is 4.74 Å². The number of aromatic nitrogens is 3. The Morgan fingerprint density at radius 3 is 2.69 bits per heavy atom. The third-order valence-corrected chi connectivity index (χ3v) is 6.78. The minimum Gasteiger partial charge on any atom is -0.449 e. The minimum atomic E-state index is -1.05. The van der Waals surface area contributed by atoms with Gasteiger partial charge in [-0.05, 0) is 44.8 Å². The standard InChI is InChI=1S/C26H33F2N7O4/c1-15(2)22-21(32-26(37)39-10-8-16-7-5-6-9-34(16)3)13-35-23(22)24(29-14-30-35)31-20-11-17(25(36)33-38-4)18(27)12-19(20)28/h11-16H,5-10H2,1-4H3,(H,32,37)(H,33,36)(H,29,30,31). The summed E-state index contributed by atoms with van der Waals surface area (Å²) in [6.45, 7) is 5.19. The lowest BCUT2D eigenvalue weighted by Gasteiger charge is -2.32. The lowest BCUT2D eigenvalue weighted by atomic mass is 10.0. The van der Waals surface area contributed by atoms with Gasteiger partial charge in [0.25, 0.3) is 5.91 Å². The molecule has 1 atom stereocenters. The molecule has 1 fully saturated rings. The van der Waals surface area contributed by atoms with E-state index in [0.29, 0.717) is 35.5 Å². The van der Waals surface area contributed by atoms with Crippen LogP contribution in [-0.4, -0.2) is 64.8 Å². The van der Waals surface area contributed by atoms with Gasteiger partial charge in [0.15, 0.2) is 5.82 Å². The molecule has 0 bridgehead atoms. The lowest BCUT2D eigenvalue weighted by Crippen LogP contribution is -2.37. The first-order valence-electron chi connectivity index (χ1n) is 12.8. The first kappa shape index (κ1) is 28.2. The molecule has 0 radical (unpaired) electrons. The maximum Gasteiger partial charge on any atom is 0.411 e. The summed E-state index contributed by atoms with van der Waals surface area (Å²) < 4.78 is 35.9. The number of benzene rings is 1. The number of hydrogen-bond acceptors (Lipinski definition) is 8. The summed E-state index contributed by atoms with van der Waals surface area (Å²) in [7, 11) is 3.29. The SMILES string of the molecule is CONC(=O)c1cc(Nc2ncnn3cc(NC(=O)OCCC4CCCCN4C)c(C(C)C)c23)c(F)cc1F. The van der Waals surface area contributed by atoms with Crippen molar-refractivity contribution >= 4 is 34.7 Å². The van der Waals surface area contributed by atoms with E-state index in [-0.39, 0.29) is 17.4 Å². The first-order valence-corrected chi connectivity index (χ1v) is 12.8. The van der Waals surface area contributed by atoms with Gasteiger partial charge >= 0.3 is 6.09 Å². The highest BCUT2D eigenvalue weighted by Crippen LogP contribution is 2.35. The number of carbonyl (C=O) groups is 2. The van der Waals surface area contributed by atoms with E-state index in [2.05, 4.69) is 37.5 Å². The number of piperidine rings is 1. The molecule has 1 unspecified atom stereocenters. The largest absolute Gasteiger partial charge is 0.449 e. The zero-order valence-corrected chi connectivity index (χ0v) is 22.4. The van der Waals surface area contributed by atoms with Gasteiger partial charge in [-0.2, -0.15) is 5.10 Å². The topological polar surface area (TPSA) is 122 Å². The van der Waals surface area contributed by atoms with Crippen molar-refractivity contribution < 1.29 is 27.9 Å². The second-order valence-corrected chi connectivity index (χ2v) is 9.76. The summed E-state index contributed by atoms with van der Waals surface area (Å²) in [6.07, 6.45) is 6.49. The Kier molecular flexibility index (Phi) is 8.92. The predicted octanol–water partition coefficient (Wildman–Crippen LogP) is 4.59. The molecule has 0 spiro atoms. The molecule has 2 amide bonds. The number of amides is 2. The van der Waals surface area contributed by atoms with Crippen molar-refractivity contribution in [3.05, 3.63) is 47.4 Å². The van der Waals surface area contributed by atoms with E-state index in [0.717, 1.165) is 25.5 Å². The van der Waals surface area contributed by atoms with Crippen molar-refractivity contribution in [1.29, 1.82) is 0 Å². The monoisotopic (exact) mass is 545 g/mol. The van der Waals surface area contributed by atoms with Crippen molar-refractivity contribution in [2.75, 3.05) is 37.9 Å². The Morgan fingerprint density at radius 1 is 1.18 bits per heavy atom. The van der Waals surface area contributed by atoms with Crippen LogP contribution in [0.2, 0.25) is 0 Å². The van der Waals surface area contributed by atoms with E-state index < -0.39 is 29.2 Å². The van der Waals surface area contributed by atoms with Crippen LogP contribution in [0.15, 0.2) is 24.7 Å². The molecule has 1 aliphatic heterocycles. The van der Waals surface area contributed by atoms with Crippen molar-refractivity contribution in [1.82, 2.24) is 25.0 Å². The predicted molar refractivity (Wildman–Crippen MR) is 141 cm³/mol. The van der Waals surface area contributed by atoms with Gasteiger partial charge in [0.1, 0.15) is 23.5 Å². The van der Waals surface area contributed by atoms with Gasteiger partial charge in [0.2, 0.25) is 0 Å². The summed E-state index contributed by atoms with van der Waals surface area (Å²) >= 11 is 0. The molecule has 210 valence electrons. The molecule has 13 heteroatoms. The fraction of sp³-hybridized carbons (Fsp3) is 0.462. The molecule has 11 nitrogen and oxygen atoms in total.